The molecule has 1 aromatic carbocycles. The van der Waals surface area contributed by atoms with Crippen LogP contribution in [0.25, 0.3) is 0 Å². The van der Waals surface area contributed by atoms with Gasteiger partial charge < -0.3 is 15.0 Å². The largest absolute Gasteiger partial charge is 0.444 e. The average Bonchev–Trinajstić information content (AvgIpc) is 2.41. The third-order valence-electron chi connectivity index (χ3n) is 3.20. The van der Waals surface area contributed by atoms with Crippen molar-refractivity contribution in [2.45, 2.75) is 45.8 Å². The van der Waals surface area contributed by atoms with Crippen molar-refractivity contribution < 1.29 is 9.53 Å². The summed E-state index contributed by atoms with van der Waals surface area (Å²) in [5.74, 6) is 0. The van der Waals surface area contributed by atoms with Gasteiger partial charge in [-0.25, -0.2) is 4.79 Å². The van der Waals surface area contributed by atoms with Gasteiger partial charge in [0.05, 0.1) is 0 Å². The number of hydrogen-bond acceptors (Lipinski definition) is 3. The van der Waals surface area contributed by atoms with Crippen LogP contribution in [0, 0.1) is 0 Å². The van der Waals surface area contributed by atoms with E-state index in [1.807, 2.05) is 39.0 Å². The van der Waals surface area contributed by atoms with Crippen molar-refractivity contribution in [3.05, 3.63) is 34.3 Å². The van der Waals surface area contributed by atoms with Crippen LogP contribution in [0.4, 0.5) is 4.79 Å². The van der Waals surface area contributed by atoms with Crippen LogP contribution in [-0.4, -0.2) is 36.7 Å². The predicted octanol–water partition coefficient (Wildman–Crippen LogP) is 4.36. The van der Waals surface area contributed by atoms with E-state index in [9.17, 15) is 4.79 Å². The van der Waals surface area contributed by atoms with Crippen molar-refractivity contribution >= 4 is 22.0 Å². The van der Waals surface area contributed by atoms with E-state index >= 15 is 0 Å². The van der Waals surface area contributed by atoms with E-state index < -0.39 is 5.60 Å². The van der Waals surface area contributed by atoms with E-state index in [0.29, 0.717) is 6.54 Å². The van der Waals surface area contributed by atoms with E-state index in [2.05, 4.69) is 34.2 Å². The summed E-state index contributed by atoms with van der Waals surface area (Å²) in [5.41, 5.74) is 0.792. The molecule has 0 fully saturated rings. The van der Waals surface area contributed by atoms with E-state index in [-0.39, 0.29) is 12.1 Å². The Morgan fingerprint density at radius 2 is 2.00 bits per heavy atom. The minimum Gasteiger partial charge on any atom is -0.444 e. The SMILES string of the molecule is CC(NCCCN(C)C(=O)OC(C)(C)C)c1ccccc1Br. The minimum atomic E-state index is -0.447. The topological polar surface area (TPSA) is 41.6 Å². The molecule has 0 aliphatic heterocycles. The summed E-state index contributed by atoms with van der Waals surface area (Å²) in [7, 11) is 1.77. The van der Waals surface area contributed by atoms with Crippen molar-refractivity contribution in [1.82, 2.24) is 10.2 Å². The highest BCUT2D eigenvalue weighted by molar-refractivity contribution is 9.10. The highest BCUT2D eigenvalue weighted by Crippen LogP contribution is 2.22. The van der Waals surface area contributed by atoms with Gasteiger partial charge in [-0.05, 0) is 52.3 Å². The van der Waals surface area contributed by atoms with Crippen LogP contribution < -0.4 is 5.32 Å². The number of carbonyl (C=O) groups excluding carboxylic acids is 1. The zero-order valence-corrected chi connectivity index (χ0v) is 15.7. The molecule has 0 saturated carbocycles. The molecule has 22 heavy (non-hydrogen) atoms. The number of ether oxygens (including phenoxy) is 1. The second-order valence-corrected chi connectivity index (χ2v) is 7.31. The molecule has 1 aromatic rings. The van der Waals surface area contributed by atoms with Gasteiger partial charge in [0.25, 0.3) is 0 Å². The fraction of sp³-hybridized carbons (Fsp3) is 0.588. The zero-order valence-electron chi connectivity index (χ0n) is 14.1. The first-order valence-electron chi connectivity index (χ1n) is 7.62. The van der Waals surface area contributed by atoms with E-state index in [1.54, 1.807) is 11.9 Å². The van der Waals surface area contributed by atoms with Crippen LogP contribution >= 0.6 is 15.9 Å². The van der Waals surface area contributed by atoms with Gasteiger partial charge in [0.2, 0.25) is 0 Å². The lowest BCUT2D eigenvalue weighted by Gasteiger charge is -2.25. The van der Waals surface area contributed by atoms with Crippen molar-refractivity contribution in [2.75, 3.05) is 20.1 Å². The molecule has 1 amide bonds. The van der Waals surface area contributed by atoms with Crippen LogP contribution in [0.2, 0.25) is 0 Å². The van der Waals surface area contributed by atoms with E-state index in [4.69, 9.17) is 4.74 Å². The summed E-state index contributed by atoms with van der Waals surface area (Å²) >= 11 is 3.57. The molecular weight excluding hydrogens is 344 g/mol. The minimum absolute atomic E-state index is 0.266. The summed E-state index contributed by atoms with van der Waals surface area (Å²) in [4.78, 5) is 13.5. The lowest BCUT2D eigenvalue weighted by Crippen LogP contribution is -2.35. The zero-order chi connectivity index (χ0) is 16.8. The van der Waals surface area contributed by atoms with Gasteiger partial charge in [0.15, 0.2) is 0 Å². The summed E-state index contributed by atoms with van der Waals surface area (Å²) in [6.45, 7) is 9.27. The third kappa shape index (κ3) is 6.79. The Balaban J connectivity index is 2.30. The van der Waals surface area contributed by atoms with Gasteiger partial charge in [-0.15, -0.1) is 0 Å². The number of nitrogens with one attached hydrogen (secondary N) is 1. The molecule has 0 aromatic heterocycles. The Morgan fingerprint density at radius 3 is 2.59 bits per heavy atom. The van der Waals surface area contributed by atoms with Crippen LogP contribution in [0.15, 0.2) is 28.7 Å². The number of hydrogen-bond donors (Lipinski definition) is 1. The van der Waals surface area contributed by atoms with Gasteiger partial charge in [0, 0.05) is 24.1 Å². The predicted molar refractivity (Wildman–Crippen MR) is 94.0 cm³/mol. The molecule has 0 bridgehead atoms. The molecule has 124 valence electrons. The van der Waals surface area contributed by atoms with Gasteiger partial charge in [-0.3, -0.25) is 0 Å². The molecular formula is C17H27BrN2O2. The smallest absolute Gasteiger partial charge is 0.410 e. The molecule has 1 rings (SSSR count). The number of carbonyl (C=O) groups is 1. The maximum absolute atomic E-state index is 11.8. The van der Waals surface area contributed by atoms with E-state index in [0.717, 1.165) is 17.4 Å². The first-order chi connectivity index (χ1) is 10.2. The van der Waals surface area contributed by atoms with Gasteiger partial charge in [0.1, 0.15) is 5.60 Å². The van der Waals surface area contributed by atoms with Crippen molar-refractivity contribution in [3.63, 3.8) is 0 Å². The Labute approximate surface area is 142 Å². The maximum Gasteiger partial charge on any atom is 0.410 e. The standard InChI is InChI=1S/C17H27BrN2O2/c1-13(14-9-6-7-10-15(14)18)19-11-8-12-20(5)16(21)22-17(2,3)4/h6-7,9-10,13,19H,8,11-12H2,1-5H3. The van der Waals surface area contributed by atoms with Crippen molar-refractivity contribution in [2.24, 2.45) is 0 Å². The molecule has 0 heterocycles. The molecule has 5 heteroatoms. The van der Waals surface area contributed by atoms with Gasteiger partial charge >= 0.3 is 6.09 Å². The number of nitrogens with zero attached hydrogens (tertiary/aromatic N) is 1. The summed E-state index contributed by atoms with van der Waals surface area (Å²) < 4.78 is 6.43. The molecule has 1 N–H and O–H groups in total. The average molecular weight is 371 g/mol. The van der Waals surface area contributed by atoms with Crippen LogP contribution in [0.1, 0.15) is 45.7 Å². The summed E-state index contributed by atoms with van der Waals surface area (Å²) in [6, 6.07) is 8.46. The summed E-state index contributed by atoms with van der Waals surface area (Å²) in [6.07, 6.45) is 0.608. The molecule has 0 saturated heterocycles. The van der Waals surface area contributed by atoms with Crippen LogP contribution in [-0.2, 0) is 4.74 Å². The molecule has 0 radical (unpaired) electrons. The Bertz CT molecular complexity index is 486. The molecule has 0 aliphatic rings. The maximum atomic E-state index is 11.8. The Kier molecular flexibility index (Phi) is 7.36. The van der Waals surface area contributed by atoms with E-state index in [1.165, 1.54) is 5.56 Å². The van der Waals surface area contributed by atoms with Gasteiger partial charge in [-0.1, -0.05) is 34.1 Å². The van der Waals surface area contributed by atoms with Crippen molar-refractivity contribution in [3.8, 4) is 0 Å². The summed E-state index contributed by atoms with van der Waals surface area (Å²) in [5, 5.41) is 3.47. The monoisotopic (exact) mass is 370 g/mol. The molecule has 1 atom stereocenters. The molecule has 0 aliphatic carbocycles. The number of amides is 1. The Hall–Kier alpha value is -1.07. The fourth-order valence-electron chi connectivity index (χ4n) is 2.00. The highest BCUT2D eigenvalue weighted by atomic mass is 79.9. The lowest BCUT2D eigenvalue weighted by molar-refractivity contribution is 0.0297. The first kappa shape index (κ1) is 19.0. The first-order valence-corrected chi connectivity index (χ1v) is 8.42. The quantitative estimate of drug-likeness (QED) is 0.756. The fourth-order valence-corrected chi connectivity index (χ4v) is 2.63. The van der Waals surface area contributed by atoms with Crippen molar-refractivity contribution in [1.29, 1.82) is 0 Å². The normalized spacial score (nSPS) is 12.8. The number of halogens is 1. The second-order valence-electron chi connectivity index (χ2n) is 6.45. The number of rotatable bonds is 6. The number of benzene rings is 1. The molecule has 4 nitrogen and oxygen atoms in total. The third-order valence-corrected chi connectivity index (χ3v) is 3.92. The molecule has 0 spiro atoms. The van der Waals surface area contributed by atoms with Crippen LogP contribution in [0.3, 0.4) is 0 Å². The Morgan fingerprint density at radius 1 is 1.36 bits per heavy atom. The molecule has 1 unspecified atom stereocenters. The lowest BCUT2D eigenvalue weighted by atomic mass is 10.1. The highest BCUT2D eigenvalue weighted by Gasteiger charge is 2.19. The van der Waals surface area contributed by atoms with Gasteiger partial charge in [-0.2, -0.15) is 0 Å². The van der Waals surface area contributed by atoms with Crippen LogP contribution in [0.5, 0.6) is 0 Å². The second kappa shape index (κ2) is 8.53.